The van der Waals surface area contributed by atoms with Gasteiger partial charge in [0.15, 0.2) is 11.7 Å². The summed E-state index contributed by atoms with van der Waals surface area (Å²) in [7, 11) is 1.32. The molecule has 0 aliphatic carbocycles. The number of aromatic nitrogens is 1. The second-order valence-electron chi connectivity index (χ2n) is 7.59. The molecule has 1 aromatic heterocycles. The number of aryl methyl sites for hydroxylation is 2. The molecule has 1 amide bonds. The third kappa shape index (κ3) is 5.18. The lowest BCUT2D eigenvalue weighted by atomic mass is 10.1. The lowest BCUT2D eigenvalue weighted by Crippen LogP contribution is -2.14. The highest BCUT2D eigenvalue weighted by molar-refractivity contribution is 5.95. The van der Waals surface area contributed by atoms with Crippen LogP contribution in [0.15, 0.2) is 83.3 Å². The quantitative estimate of drug-likeness (QED) is 0.374. The molecule has 6 heteroatoms. The van der Waals surface area contributed by atoms with Crippen LogP contribution >= 0.6 is 0 Å². The van der Waals surface area contributed by atoms with E-state index in [0.717, 1.165) is 22.4 Å². The van der Waals surface area contributed by atoms with Crippen molar-refractivity contribution >= 4 is 17.6 Å². The van der Waals surface area contributed by atoms with Crippen molar-refractivity contribution in [2.75, 3.05) is 12.4 Å². The number of benzene rings is 3. The van der Waals surface area contributed by atoms with Gasteiger partial charge in [-0.15, -0.1) is 0 Å². The Labute approximate surface area is 192 Å². The Hall–Kier alpha value is -4.19. The predicted molar refractivity (Wildman–Crippen MR) is 127 cm³/mol. The van der Waals surface area contributed by atoms with E-state index in [2.05, 4.69) is 5.32 Å². The lowest BCUT2D eigenvalue weighted by Gasteiger charge is -2.09. The highest BCUT2D eigenvalue weighted by Gasteiger charge is 2.18. The number of hydrogen-bond acceptors (Lipinski definition) is 5. The van der Waals surface area contributed by atoms with Crippen molar-refractivity contribution in [1.29, 1.82) is 0 Å². The first-order valence-corrected chi connectivity index (χ1v) is 10.6. The maximum atomic E-state index is 12.6. The molecule has 0 aliphatic rings. The van der Waals surface area contributed by atoms with Crippen LogP contribution in [-0.4, -0.2) is 24.0 Å². The molecular weight excluding hydrogens is 416 g/mol. The van der Waals surface area contributed by atoms with E-state index in [0.29, 0.717) is 29.3 Å². The Balaban J connectivity index is 1.52. The zero-order valence-electron chi connectivity index (χ0n) is 18.5. The van der Waals surface area contributed by atoms with E-state index >= 15 is 0 Å². The number of carbonyl (C=O) groups excluding carboxylic acids is 2. The van der Waals surface area contributed by atoms with Crippen molar-refractivity contribution in [3.05, 3.63) is 95.9 Å². The summed E-state index contributed by atoms with van der Waals surface area (Å²) in [6, 6.07) is 24.7. The maximum absolute atomic E-state index is 12.6. The average molecular weight is 440 g/mol. The maximum Gasteiger partial charge on any atom is 0.337 e. The fourth-order valence-electron chi connectivity index (χ4n) is 3.48. The predicted octanol–water partition coefficient (Wildman–Crippen LogP) is 5.67. The number of amides is 1. The highest BCUT2D eigenvalue weighted by Crippen LogP contribution is 2.32. The number of esters is 1. The van der Waals surface area contributed by atoms with E-state index in [9.17, 15) is 9.59 Å². The van der Waals surface area contributed by atoms with Crippen molar-refractivity contribution in [3.8, 4) is 22.6 Å². The first-order valence-electron chi connectivity index (χ1n) is 10.6. The molecule has 4 aromatic rings. The first-order chi connectivity index (χ1) is 16.0. The zero-order valence-corrected chi connectivity index (χ0v) is 18.5. The Morgan fingerprint density at radius 1 is 0.939 bits per heavy atom. The molecule has 0 spiro atoms. The zero-order chi connectivity index (χ0) is 23.2. The Bertz CT molecular complexity index is 1210. The molecule has 4 rings (SSSR count). The number of anilines is 1. The minimum absolute atomic E-state index is 0.185. The van der Waals surface area contributed by atoms with Gasteiger partial charge in [0.1, 0.15) is 5.69 Å². The molecule has 0 atom stereocenters. The van der Waals surface area contributed by atoms with Crippen LogP contribution in [0.2, 0.25) is 0 Å². The summed E-state index contributed by atoms with van der Waals surface area (Å²) in [5.41, 5.74) is 4.43. The topological polar surface area (TPSA) is 81.4 Å². The number of nitrogens with one attached hydrogen (secondary N) is 1. The number of carbonyl (C=O) groups is 2. The molecule has 33 heavy (non-hydrogen) atoms. The van der Waals surface area contributed by atoms with E-state index in [1.165, 1.54) is 7.11 Å². The third-order valence-corrected chi connectivity index (χ3v) is 5.25. The van der Waals surface area contributed by atoms with Crippen molar-refractivity contribution in [2.24, 2.45) is 0 Å². The molecule has 3 aromatic carbocycles. The van der Waals surface area contributed by atoms with Crippen LogP contribution in [0.1, 0.15) is 28.2 Å². The standard InChI is InChI=1S/C27H24N2O4/c1-18-13-14-21(27(31)32-2)17-22(18)28-23(30)15-16-24-29-25(19-9-5-3-6-10-19)26(33-24)20-11-7-4-8-12-20/h3-14,17H,15-16H2,1-2H3,(H,28,30). The molecule has 6 nitrogen and oxygen atoms in total. The van der Waals surface area contributed by atoms with Crippen LogP contribution in [0.25, 0.3) is 22.6 Å². The van der Waals surface area contributed by atoms with E-state index in [1.807, 2.05) is 67.6 Å². The highest BCUT2D eigenvalue weighted by atomic mass is 16.5. The number of nitrogens with zero attached hydrogens (tertiary/aromatic N) is 1. The van der Waals surface area contributed by atoms with Crippen LogP contribution in [0.3, 0.4) is 0 Å². The molecule has 1 N–H and O–H groups in total. The number of ether oxygens (including phenoxy) is 1. The summed E-state index contributed by atoms with van der Waals surface area (Å²) < 4.78 is 10.8. The summed E-state index contributed by atoms with van der Waals surface area (Å²) in [4.78, 5) is 29.1. The smallest absolute Gasteiger partial charge is 0.337 e. The minimum atomic E-state index is -0.452. The van der Waals surface area contributed by atoms with Gasteiger partial charge in [0.05, 0.1) is 12.7 Å². The summed E-state index contributed by atoms with van der Waals surface area (Å²) in [6.45, 7) is 1.86. The van der Waals surface area contributed by atoms with Crippen LogP contribution < -0.4 is 5.32 Å². The Morgan fingerprint density at radius 3 is 2.27 bits per heavy atom. The molecule has 0 aliphatic heterocycles. The van der Waals surface area contributed by atoms with Gasteiger partial charge in [-0.3, -0.25) is 4.79 Å². The molecular formula is C27H24N2O4. The lowest BCUT2D eigenvalue weighted by molar-refractivity contribution is -0.116. The molecule has 0 radical (unpaired) electrons. The van der Waals surface area contributed by atoms with Gasteiger partial charge in [-0.25, -0.2) is 9.78 Å². The first kappa shape index (κ1) is 22.0. The van der Waals surface area contributed by atoms with Crippen molar-refractivity contribution in [1.82, 2.24) is 4.98 Å². The van der Waals surface area contributed by atoms with E-state index in [-0.39, 0.29) is 12.3 Å². The fraction of sp³-hybridized carbons (Fsp3) is 0.148. The third-order valence-electron chi connectivity index (χ3n) is 5.25. The molecule has 1 heterocycles. The van der Waals surface area contributed by atoms with Crippen LogP contribution in [0.4, 0.5) is 5.69 Å². The number of methoxy groups -OCH3 is 1. The normalized spacial score (nSPS) is 10.6. The monoisotopic (exact) mass is 440 g/mol. The van der Waals surface area contributed by atoms with Crippen LogP contribution in [0, 0.1) is 6.92 Å². The molecule has 0 saturated heterocycles. The Morgan fingerprint density at radius 2 is 1.61 bits per heavy atom. The van der Waals surface area contributed by atoms with Crippen LogP contribution in [-0.2, 0) is 16.0 Å². The Kier molecular flexibility index (Phi) is 6.64. The van der Waals surface area contributed by atoms with Gasteiger partial charge in [0, 0.05) is 29.7 Å². The van der Waals surface area contributed by atoms with Crippen molar-refractivity contribution < 1.29 is 18.7 Å². The molecule has 0 fully saturated rings. The second kappa shape index (κ2) is 9.96. The number of hydrogen-bond donors (Lipinski definition) is 1. The van der Waals surface area contributed by atoms with Gasteiger partial charge >= 0.3 is 5.97 Å². The van der Waals surface area contributed by atoms with E-state index in [1.54, 1.807) is 18.2 Å². The van der Waals surface area contributed by atoms with Crippen molar-refractivity contribution in [2.45, 2.75) is 19.8 Å². The van der Waals surface area contributed by atoms with Gasteiger partial charge in [0.25, 0.3) is 0 Å². The van der Waals surface area contributed by atoms with Gasteiger partial charge < -0.3 is 14.5 Å². The summed E-state index contributed by atoms with van der Waals surface area (Å²) in [6.07, 6.45) is 0.527. The summed E-state index contributed by atoms with van der Waals surface area (Å²) >= 11 is 0. The van der Waals surface area contributed by atoms with Gasteiger partial charge in [-0.2, -0.15) is 0 Å². The van der Waals surface area contributed by atoms with E-state index in [4.69, 9.17) is 14.1 Å². The van der Waals surface area contributed by atoms with Crippen LogP contribution in [0.5, 0.6) is 0 Å². The summed E-state index contributed by atoms with van der Waals surface area (Å²) in [5.74, 6) is 0.523. The van der Waals surface area contributed by atoms with Gasteiger partial charge in [0.2, 0.25) is 5.91 Å². The second-order valence-corrected chi connectivity index (χ2v) is 7.59. The van der Waals surface area contributed by atoms with E-state index < -0.39 is 5.97 Å². The van der Waals surface area contributed by atoms with Gasteiger partial charge in [-0.05, 0) is 24.6 Å². The average Bonchev–Trinajstić information content (AvgIpc) is 3.29. The van der Waals surface area contributed by atoms with Crippen molar-refractivity contribution in [3.63, 3.8) is 0 Å². The molecule has 0 unspecified atom stereocenters. The molecule has 0 bridgehead atoms. The summed E-state index contributed by atoms with van der Waals surface area (Å²) in [5, 5.41) is 2.87. The van der Waals surface area contributed by atoms with Gasteiger partial charge in [-0.1, -0.05) is 66.7 Å². The number of rotatable bonds is 7. The fourth-order valence-corrected chi connectivity index (χ4v) is 3.48. The molecule has 0 saturated carbocycles. The SMILES string of the molecule is COC(=O)c1ccc(C)c(NC(=O)CCc2nc(-c3ccccc3)c(-c3ccccc3)o2)c1. The largest absolute Gasteiger partial charge is 0.465 e. The number of oxazole rings is 1. The minimum Gasteiger partial charge on any atom is -0.465 e. The molecule has 166 valence electrons.